The molecule has 0 N–H and O–H groups in total. The van der Waals surface area contributed by atoms with E-state index in [4.69, 9.17) is 0 Å². The van der Waals surface area contributed by atoms with Crippen LogP contribution in [-0.2, 0) is 9.68 Å². The Kier molecular flexibility index (Phi) is 5.48. The van der Waals surface area contributed by atoms with Crippen LogP contribution in [0.25, 0.3) is 0 Å². The second-order valence-electron chi connectivity index (χ2n) is 3.31. The van der Waals surface area contributed by atoms with E-state index in [0.29, 0.717) is 0 Å². The molecule has 0 radical (unpaired) electrons. The van der Waals surface area contributed by atoms with Crippen molar-refractivity contribution in [3.8, 4) is 0 Å². The van der Waals surface area contributed by atoms with Crippen LogP contribution < -0.4 is 0 Å². The van der Waals surface area contributed by atoms with E-state index in [1.165, 1.54) is 0 Å². The molecular weight excluding hydrogens is 220 g/mol. The Bertz CT molecular complexity index is 253. The van der Waals surface area contributed by atoms with Crippen LogP contribution in [0.1, 0.15) is 40.0 Å². The van der Waals surface area contributed by atoms with Crippen molar-refractivity contribution in [2.75, 3.05) is 0 Å². The molecule has 0 heterocycles. The van der Waals surface area contributed by atoms with Crippen LogP contribution in [0.4, 0.5) is 0 Å². The molecule has 8 heteroatoms. The maximum Gasteiger partial charge on any atom is 0.295 e. The highest BCUT2D eigenvalue weighted by molar-refractivity contribution is 4.84. The van der Waals surface area contributed by atoms with Crippen LogP contribution in [0.15, 0.2) is 0 Å². The Morgan fingerprint density at radius 3 is 1.88 bits per heavy atom. The van der Waals surface area contributed by atoms with Gasteiger partial charge in [0.25, 0.3) is 10.2 Å². The van der Waals surface area contributed by atoms with Gasteiger partial charge in [0.15, 0.2) is 0 Å². The summed E-state index contributed by atoms with van der Waals surface area (Å²) in [5, 5.41) is 18.8. The fourth-order valence-corrected chi connectivity index (χ4v) is 1.69. The molecule has 0 spiro atoms. The summed E-state index contributed by atoms with van der Waals surface area (Å²) in [7, 11) is 0. The summed E-state index contributed by atoms with van der Waals surface area (Å²) in [5.74, 6) is 0. The molecular formula is C8H16N2O6. The zero-order valence-electron chi connectivity index (χ0n) is 9.54. The van der Waals surface area contributed by atoms with Gasteiger partial charge in [-0.1, -0.05) is 20.8 Å². The molecule has 0 bridgehead atoms. The normalized spacial score (nSPS) is 12.9. The number of hydrogen-bond donors (Lipinski definition) is 0. The van der Waals surface area contributed by atoms with Gasteiger partial charge in [-0.3, -0.25) is 0 Å². The number of nitrogens with zero attached hydrogens (tertiary/aromatic N) is 2. The monoisotopic (exact) mass is 236 g/mol. The average molecular weight is 236 g/mol. The van der Waals surface area contributed by atoms with Crippen LogP contribution in [-0.4, -0.2) is 21.9 Å². The summed E-state index contributed by atoms with van der Waals surface area (Å²) in [6.45, 7) is 4.98. The molecule has 16 heavy (non-hydrogen) atoms. The molecule has 94 valence electrons. The van der Waals surface area contributed by atoms with Gasteiger partial charge in [-0.15, -0.1) is 20.2 Å². The fourth-order valence-electron chi connectivity index (χ4n) is 1.69. The molecule has 0 aliphatic rings. The lowest BCUT2D eigenvalue weighted by atomic mass is 9.89. The molecule has 1 unspecified atom stereocenters. The lowest BCUT2D eigenvalue weighted by Crippen LogP contribution is -2.47. The predicted molar refractivity (Wildman–Crippen MR) is 53.6 cm³/mol. The van der Waals surface area contributed by atoms with Gasteiger partial charge in [0, 0.05) is 0 Å². The van der Waals surface area contributed by atoms with Crippen LogP contribution in [0.5, 0.6) is 0 Å². The molecule has 0 aromatic rings. The van der Waals surface area contributed by atoms with E-state index in [2.05, 4.69) is 9.68 Å². The Morgan fingerprint density at radius 1 is 1.12 bits per heavy atom. The maximum absolute atomic E-state index is 10.4. The Balaban J connectivity index is 4.94. The lowest BCUT2D eigenvalue weighted by molar-refractivity contribution is -0.810. The molecule has 0 aliphatic heterocycles. The van der Waals surface area contributed by atoms with Crippen molar-refractivity contribution >= 4 is 0 Å². The Morgan fingerprint density at radius 2 is 1.62 bits per heavy atom. The van der Waals surface area contributed by atoms with Crippen molar-refractivity contribution in [2.24, 2.45) is 0 Å². The number of rotatable bonds is 8. The van der Waals surface area contributed by atoms with E-state index in [1.54, 1.807) is 20.8 Å². The molecule has 0 saturated heterocycles. The topological polar surface area (TPSA) is 105 Å². The van der Waals surface area contributed by atoms with Gasteiger partial charge in [-0.05, 0) is 19.3 Å². The van der Waals surface area contributed by atoms with E-state index < -0.39 is 21.9 Å². The zero-order valence-corrected chi connectivity index (χ0v) is 9.54. The van der Waals surface area contributed by atoms with Crippen molar-refractivity contribution in [3.05, 3.63) is 20.2 Å². The van der Waals surface area contributed by atoms with Crippen LogP contribution in [0, 0.1) is 20.2 Å². The third kappa shape index (κ3) is 3.52. The van der Waals surface area contributed by atoms with Crippen molar-refractivity contribution in [1.82, 2.24) is 0 Å². The largest absolute Gasteiger partial charge is 0.308 e. The van der Waals surface area contributed by atoms with Gasteiger partial charge < -0.3 is 9.68 Å². The highest BCUT2D eigenvalue weighted by atomic mass is 17.0. The van der Waals surface area contributed by atoms with Gasteiger partial charge in [0.05, 0.1) is 0 Å². The minimum Gasteiger partial charge on any atom is -0.308 e. The molecule has 1 atom stereocenters. The quantitative estimate of drug-likeness (QED) is 0.469. The van der Waals surface area contributed by atoms with Crippen molar-refractivity contribution in [1.29, 1.82) is 0 Å². The summed E-state index contributed by atoms with van der Waals surface area (Å²) < 4.78 is 0. The predicted octanol–water partition coefficient (Wildman–Crippen LogP) is 1.74. The first kappa shape index (κ1) is 14.4. The first-order valence-corrected chi connectivity index (χ1v) is 5.06. The third-order valence-corrected chi connectivity index (χ3v) is 2.62. The molecule has 8 nitrogen and oxygen atoms in total. The van der Waals surface area contributed by atoms with Gasteiger partial charge in [-0.25, -0.2) is 0 Å². The van der Waals surface area contributed by atoms with Crippen molar-refractivity contribution in [3.63, 3.8) is 0 Å². The molecule has 0 rings (SSSR count). The average Bonchev–Trinajstić information content (AvgIpc) is 2.22. The number of hydrogen-bond acceptors (Lipinski definition) is 6. The summed E-state index contributed by atoms with van der Waals surface area (Å²) >= 11 is 0. The van der Waals surface area contributed by atoms with Crippen LogP contribution >= 0.6 is 0 Å². The zero-order chi connectivity index (χ0) is 12.8. The first-order valence-electron chi connectivity index (χ1n) is 5.06. The highest BCUT2D eigenvalue weighted by Gasteiger charge is 2.41. The smallest absolute Gasteiger partial charge is 0.295 e. The van der Waals surface area contributed by atoms with Crippen LogP contribution in [0.3, 0.4) is 0 Å². The summed E-state index contributed by atoms with van der Waals surface area (Å²) in [6.07, 6.45) is -0.160. The summed E-state index contributed by atoms with van der Waals surface area (Å²) in [4.78, 5) is 29.7. The molecule has 0 aromatic carbocycles. The van der Waals surface area contributed by atoms with E-state index >= 15 is 0 Å². The molecule has 0 aromatic heterocycles. The third-order valence-electron chi connectivity index (χ3n) is 2.62. The van der Waals surface area contributed by atoms with E-state index in [1.807, 2.05) is 0 Å². The molecule has 0 fully saturated rings. The minimum absolute atomic E-state index is 0.260. The van der Waals surface area contributed by atoms with Gasteiger partial charge in [-0.2, -0.15) is 0 Å². The van der Waals surface area contributed by atoms with E-state index in [0.717, 1.165) is 0 Å². The highest BCUT2D eigenvalue weighted by Crippen LogP contribution is 2.29. The SMILES string of the molecule is CCC(O[N+](=O)[O-])C(CC)(CC)O[N+](=O)[O-]. The Labute approximate surface area is 92.7 Å². The molecule has 0 aliphatic carbocycles. The minimum atomic E-state index is -1.26. The van der Waals surface area contributed by atoms with Gasteiger partial charge in [0.1, 0.15) is 11.7 Å². The van der Waals surface area contributed by atoms with Crippen LogP contribution in [0.2, 0.25) is 0 Å². The molecule has 0 saturated carbocycles. The van der Waals surface area contributed by atoms with E-state index in [9.17, 15) is 20.2 Å². The van der Waals surface area contributed by atoms with Gasteiger partial charge >= 0.3 is 0 Å². The van der Waals surface area contributed by atoms with Gasteiger partial charge in [0.2, 0.25) is 0 Å². The summed E-state index contributed by atoms with van der Waals surface area (Å²) in [5.41, 5.74) is -1.26. The first-order chi connectivity index (χ1) is 7.41. The lowest BCUT2D eigenvalue weighted by Gasteiger charge is -2.34. The Hall–Kier alpha value is -1.60. The summed E-state index contributed by atoms with van der Waals surface area (Å²) in [6, 6.07) is 0. The van der Waals surface area contributed by atoms with Crippen molar-refractivity contribution < 1.29 is 19.8 Å². The fraction of sp³-hybridized carbons (Fsp3) is 1.00. The van der Waals surface area contributed by atoms with E-state index in [-0.39, 0.29) is 19.3 Å². The maximum atomic E-state index is 10.4. The molecule has 0 amide bonds. The second kappa shape index (κ2) is 6.09. The van der Waals surface area contributed by atoms with Crippen molar-refractivity contribution in [2.45, 2.75) is 51.7 Å². The second-order valence-corrected chi connectivity index (χ2v) is 3.31. The standard InChI is InChI=1S/C8H16N2O6/c1-4-7(15-9(11)12)8(5-2,6-3)16-10(13)14/h7H,4-6H2,1-3H3.